The zero-order valence-electron chi connectivity index (χ0n) is 10.1. The van der Waals surface area contributed by atoms with E-state index in [1.165, 1.54) is 0 Å². The average molecular weight is 242 g/mol. The fraction of sp³-hybridized carbons (Fsp3) is 0.154. The van der Waals surface area contributed by atoms with Crippen LogP contribution in [0.15, 0.2) is 36.7 Å². The maximum absolute atomic E-state index is 11.9. The van der Waals surface area contributed by atoms with E-state index in [9.17, 15) is 4.79 Å². The summed E-state index contributed by atoms with van der Waals surface area (Å²) in [7, 11) is 0. The Balaban J connectivity index is 2.11. The predicted molar refractivity (Wildman–Crippen MR) is 69.1 cm³/mol. The molecule has 5 nitrogen and oxygen atoms in total. The monoisotopic (exact) mass is 242 g/mol. The van der Waals surface area contributed by atoms with Gasteiger partial charge >= 0.3 is 0 Å². The number of rotatable bonds is 3. The third-order valence-electron chi connectivity index (χ3n) is 2.45. The third kappa shape index (κ3) is 2.89. The van der Waals surface area contributed by atoms with E-state index in [-0.39, 0.29) is 5.91 Å². The maximum atomic E-state index is 11.9. The van der Waals surface area contributed by atoms with Gasteiger partial charge in [-0.2, -0.15) is 0 Å². The number of hydrogen-bond donors (Lipinski definition) is 2. The van der Waals surface area contributed by atoms with Crippen molar-refractivity contribution in [1.82, 2.24) is 9.97 Å². The number of carbonyl (C=O) groups excluding carboxylic acids is 1. The Morgan fingerprint density at radius 1 is 1.33 bits per heavy atom. The Bertz CT molecular complexity index is 551. The van der Waals surface area contributed by atoms with Gasteiger partial charge in [-0.25, -0.2) is 0 Å². The fourth-order valence-electron chi connectivity index (χ4n) is 1.50. The molecule has 3 N–H and O–H groups in total. The lowest BCUT2D eigenvalue weighted by Crippen LogP contribution is -2.14. The minimum Gasteiger partial charge on any atom is -0.326 e. The number of nitrogens with zero attached hydrogens (tertiary/aromatic N) is 2. The summed E-state index contributed by atoms with van der Waals surface area (Å²) < 4.78 is 0. The first-order valence-electron chi connectivity index (χ1n) is 5.58. The molecule has 92 valence electrons. The standard InChI is InChI=1S/C13H14N4O/c1-9-6-11(4-5-15-9)17-13(18)12-3-2-10(7-14)8-16-12/h2-6,8H,7,14H2,1H3,(H,15,17,18). The molecule has 18 heavy (non-hydrogen) atoms. The van der Waals surface area contributed by atoms with Crippen molar-refractivity contribution in [2.45, 2.75) is 13.5 Å². The highest BCUT2D eigenvalue weighted by Crippen LogP contribution is 2.09. The molecule has 0 saturated heterocycles. The average Bonchev–Trinajstić information content (AvgIpc) is 2.39. The Morgan fingerprint density at radius 3 is 2.78 bits per heavy atom. The minimum atomic E-state index is -0.246. The van der Waals surface area contributed by atoms with Gasteiger partial charge in [0.15, 0.2) is 0 Å². The number of amides is 1. The number of nitrogens with one attached hydrogen (secondary N) is 1. The summed E-state index contributed by atoms with van der Waals surface area (Å²) in [6.07, 6.45) is 3.25. The van der Waals surface area contributed by atoms with Crippen molar-refractivity contribution in [1.29, 1.82) is 0 Å². The zero-order valence-corrected chi connectivity index (χ0v) is 10.1. The second kappa shape index (κ2) is 5.37. The second-order valence-electron chi connectivity index (χ2n) is 3.90. The van der Waals surface area contributed by atoms with Gasteiger partial charge < -0.3 is 11.1 Å². The minimum absolute atomic E-state index is 0.246. The quantitative estimate of drug-likeness (QED) is 0.854. The van der Waals surface area contributed by atoms with Gasteiger partial charge in [0.05, 0.1) is 0 Å². The van der Waals surface area contributed by atoms with Gasteiger partial charge in [0.2, 0.25) is 0 Å². The Labute approximate surface area is 105 Å². The molecule has 0 aromatic carbocycles. The molecule has 0 bridgehead atoms. The number of anilines is 1. The van der Waals surface area contributed by atoms with E-state index in [0.717, 1.165) is 11.3 Å². The molecule has 5 heteroatoms. The molecule has 1 amide bonds. The van der Waals surface area contributed by atoms with Gasteiger partial charge in [-0.15, -0.1) is 0 Å². The van der Waals surface area contributed by atoms with Gasteiger partial charge in [0.25, 0.3) is 5.91 Å². The SMILES string of the molecule is Cc1cc(NC(=O)c2ccc(CN)cn2)ccn1. The first-order valence-corrected chi connectivity index (χ1v) is 5.58. The summed E-state index contributed by atoms with van der Waals surface area (Å²) in [6, 6.07) is 6.98. The van der Waals surface area contributed by atoms with E-state index in [0.29, 0.717) is 17.9 Å². The highest BCUT2D eigenvalue weighted by Gasteiger charge is 2.07. The largest absolute Gasteiger partial charge is 0.326 e. The van der Waals surface area contributed by atoms with Crippen LogP contribution in [0.5, 0.6) is 0 Å². The number of pyridine rings is 2. The Kier molecular flexibility index (Phi) is 3.64. The van der Waals surface area contributed by atoms with Gasteiger partial charge in [-0.1, -0.05) is 6.07 Å². The van der Waals surface area contributed by atoms with Crippen LogP contribution in [0.4, 0.5) is 5.69 Å². The van der Waals surface area contributed by atoms with Crippen LogP contribution in [-0.4, -0.2) is 15.9 Å². The van der Waals surface area contributed by atoms with E-state index < -0.39 is 0 Å². The molecule has 2 rings (SSSR count). The summed E-state index contributed by atoms with van der Waals surface area (Å²) in [5.74, 6) is -0.246. The van der Waals surface area contributed by atoms with E-state index in [4.69, 9.17) is 5.73 Å². The normalized spacial score (nSPS) is 10.1. The smallest absolute Gasteiger partial charge is 0.274 e. The van der Waals surface area contributed by atoms with Crippen molar-refractivity contribution in [3.05, 3.63) is 53.6 Å². The van der Waals surface area contributed by atoms with Crippen LogP contribution in [0.1, 0.15) is 21.7 Å². The van der Waals surface area contributed by atoms with Crippen molar-refractivity contribution in [3.8, 4) is 0 Å². The van der Waals surface area contributed by atoms with Gasteiger partial charge in [-0.05, 0) is 30.7 Å². The molecule has 0 aliphatic heterocycles. The molecule has 0 spiro atoms. The molecule has 0 radical (unpaired) electrons. The first-order chi connectivity index (χ1) is 8.69. The van der Waals surface area contributed by atoms with Crippen LogP contribution in [-0.2, 0) is 6.54 Å². The summed E-state index contributed by atoms with van der Waals surface area (Å²) in [5.41, 5.74) is 8.28. The molecular formula is C13H14N4O. The predicted octanol–water partition coefficient (Wildman–Crippen LogP) is 1.50. The van der Waals surface area contributed by atoms with E-state index in [2.05, 4.69) is 15.3 Å². The summed E-state index contributed by atoms with van der Waals surface area (Å²) >= 11 is 0. The molecule has 0 aliphatic rings. The van der Waals surface area contributed by atoms with Crippen molar-refractivity contribution in [2.24, 2.45) is 5.73 Å². The summed E-state index contributed by atoms with van der Waals surface area (Å²) in [4.78, 5) is 20.0. The van der Waals surface area contributed by atoms with Crippen LogP contribution >= 0.6 is 0 Å². The highest BCUT2D eigenvalue weighted by molar-refractivity contribution is 6.02. The Hall–Kier alpha value is -2.27. The van der Waals surface area contributed by atoms with Gasteiger partial charge in [0.1, 0.15) is 5.69 Å². The van der Waals surface area contributed by atoms with Gasteiger partial charge in [-0.3, -0.25) is 14.8 Å². The topological polar surface area (TPSA) is 80.9 Å². The molecule has 0 fully saturated rings. The molecule has 2 aromatic heterocycles. The molecule has 2 aromatic rings. The van der Waals surface area contributed by atoms with E-state index in [1.807, 2.05) is 6.92 Å². The number of hydrogen-bond acceptors (Lipinski definition) is 4. The molecule has 0 aliphatic carbocycles. The zero-order chi connectivity index (χ0) is 13.0. The van der Waals surface area contributed by atoms with Crippen LogP contribution in [0.3, 0.4) is 0 Å². The highest BCUT2D eigenvalue weighted by atomic mass is 16.1. The van der Waals surface area contributed by atoms with Crippen LogP contribution in [0.25, 0.3) is 0 Å². The molecule has 0 atom stereocenters. The van der Waals surface area contributed by atoms with E-state index in [1.54, 1.807) is 36.7 Å². The number of nitrogens with two attached hydrogens (primary N) is 1. The second-order valence-corrected chi connectivity index (χ2v) is 3.90. The fourth-order valence-corrected chi connectivity index (χ4v) is 1.50. The molecule has 0 saturated carbocycles. The van der Waals surface area contributed by atoms with Gasteiger partial charge in [0, 0.05) is 30.3 Å². The lowest BCUT2D eigenvalue weighted by atomic mass is 10.2. The Morgan fingerprint density at radius 2 is 2.17 bits per heavy atom. The number of aromatic nitrogens is 2. The lowest BCUT2D eigenvalue weighted by molar-refractivity contribution is 0.102. The van der Waals surface area contributed by atoms with Crippen molar-refractivity contribution in [2.75, 3.05) is 5.32 Å². The summed E-state index contributed by atoms with van der Waals surface area (Å²) in [5, 5.41) is 2.76. The molecule has 2 heterocycles. The van der Waals surface area contributed by atoms with Crippen LogP contribution in [0.2, 0.25) is 0 Å². The molecular weight excluding hydrogens is 228 g/mol. The van der Waals surface area contributed by atoms with Crippen molar-refractivity contribution < 1.29 is 4.79 Å². The third-order valence-corrected chi connectivity index (χ3v) is 2.45. The maximum Gasteiger partial charge on any atom is 0.274 e. The van der Waals surface area contributed by atoms with Crippen molar-refractivity contribution in [3.63, 3.8) is 0 Å². The van der Waals surface area contributed by atoms with Crippen molar-refractivity contribution >= 4 is 11.6 Å². The molecule has 0 unspecified atom stereocenters. The lowest BCUT2D eigenvalue weighted by Gasteiger charge is -2.05. The number of aryl methyl sites for hydroxylation is 1. The van der Waals surface area contributed by atoms with Crippen LogP contribution < -0.4 is 11.1 Å². The van der Waals surface area contributed by atoms with E-state index >= 15 is 0 Å². The first kappa shape index (κ1) is 12.2. The number of carbonyl (C=O) groups is 1. The summed E-state index contributed by atoms with van der Waals surface area (Å²) in [6.45, 7) is 2.28. The van der Waals surface area contributed by atoms with Crippen LogP contribution in [0, 0.1) is 6.92 Å².